The van der Waals surface area contributed by atoms with E-state index in [1.165, 1.54) is 12.8 Å². The van der Waals surface area contributed by atoms with Gasteiger partial charge in [0.2, 0.25) is 5.91 Å². The first-order valence-electron chi connectivity index (χ1n) is 9.43. The molecule has 2 saturated heterocycles. The number of piperidine rings is 1. The molecule has 2 atom stereocenters. The lowest BCUT2D eigenvalue weighted by Crippen LogP contribution is -2.39. The quantitative estimate of drug-likeness (QED) is 0.700. The summed E-state index contributed by atoms with van der Waals surface area (Å²) in [6, 6.07) is 7.20. The van der Waals surface area contributed by atoms with Crippen molar-refractivity contribution < 1.29 is 9.53 Å². The maximum Gasteiger partial charge on any atom is 0.224 e. The SMILES string of the molecule is CCCCOc1ccc(NC(=O)CC2CC3CCC(C2)N3)c(C)c1.Cl. The van der Waals surface area contributed by atoms with Crippen LogP contribution in [-0.2, 0) is 4.79 Å². The highest BCUT2D eigenvalue weighted by atomic mass is 35.5. The third kappa shape index (κ3) is 5.61. The Morgan fingerprint density at radius 3 is 2.64 bits per heavy atom. The van der Waals surface area contributed by atoms with Gasteiger partial charge < -0.3 is 15.4 Å². The number of nitrogens with one attached hydrogen (secondary N) is 2. The van der Waals surface area contributed by atoms with Gasteiger partial charge in [-0.3, -0.25) is 4.79 Å². The van der Waals surface area contributed by atoms with Gasteiger partial charge in [0.25, 0.3) is 0 Å². The highest BCUT2D eigenvalue weighted by molar-refractivity contribution is 5.91. The first-order valence-corrected chi connectivity index (χ1v) is 9.43. The van der Waals surface area contributed by atoms with Crippen LogP contribution in [0.4, 0.5) is 5.69 Å². The molecule has 0 aromatic heterocycles. The lowest BCUT2D eigenvalue weighted by molar-refractivity contribution is -0.117. The van der Waals surface area contributed by atoms with E-state index in [0.29, 0.717) is 24.4 Å². The van der Waals surface area contributed by atoms with Gasteiger partial charge in [-0.25, -0.2) is 0 Å². The molecule has 0 spiro atoms. The van der Waals surface area contributed by atoms with E-state index in [-0.39, 0.29) is 18.3 Å². The Bertz CT molecular complexity index is 567. The smallest absolute Gasteiger partial charge is 0.224 e. The van der Waals surface area contributed by atoms with Gasteiger partial charge in [0, 0.05) is 24.2 Å². The van der Waals surface area contributed by atoms with Crippen LogP contribution in [0.5, 0.6) is 5.75 Å². The van der Waals surface area contributed by atoms with Crippen molar-refractivity contribution in [1.29, 1.82) is 0 Å². The van der Waals surface area contributed by atoms with E-state index in [1.54, 1.807) is 0 Å². The van der Waals surface area contributed by atoms with E-state index in [9.17, 15) is 4.79 Å². The molecular weight excluding hydrogens is 336 g/mol. The summed E-state index contributed by atoms with van der Waals surface area (Å²) in [4.78, 5) is 12.4. The topological polar surface area (TPSA) is 50.4 Å². The molecule has 2 heterocycles. The summed E-state index contributed by atoms with van der Waals surface area (Å²) in [5.74, 6) is 1.55. The van der Waals surface area contributed by atoms with Crippen molar-refractivity contribution in [2.45, 2.75) is 70.9 Å². The molecule has 3 rings (SSSR count). The Balaban J connectivity index is 0.00000225. The number of hydrogen-bond donors (Lipinski definition) is 2. The van der Waals surface area contributed by atoms with Crippen LogP contribution in [-0.4, -0.2) is 24.6 Å². The van der Waals surface area contributed by atoms with Crippen molar-refractivity contribution in [1.82, 2.24) is 5.32 Å². The summed E-state index contributed by atoms with van der Waals surface area (Å²) >= 11 is 0. The molecule has 1 aromatic rings. The first-order chi connectivity index (χ1) is 11.6. The Morgan fingerprint density at radius 1 is 1.28 bits per heavy atom. The molecule has 0 radical (unpaired) electrons. The monoisotopic (exact) mass is 366 g/mol. The number of carbonyl (C=O) groups excluding carboxylic acids is 1. The van der Waals surface area contributed by atoms with E-state index in [4.69, 9.17) is 4.74 Å². The number of benzene rings is 1. The van der Waals surface area contributed by atoms with Gasteiger partial charge in [-0.2, -0.15) is 0 Å². The highest BCUT2D eigenvalue weighted by Crippen LogP contribution is 2.33. The van der Waals surface area contributed by atoms with E-state index >= 15 is 0 Å². The average molecular weight is 367 g/mol. The molecule has 2 fully saturated rings. The fourth-order valence-corrected chi connectivity index (χ4v) is 4.01. The summed E-state index contributed by atoms with van der Waals surface area (Å²) < 4.78 is 5.72. The molecule has 2 aliphatic rings. The molecule has 0 saturated carbocycles. The van der Waals surface area contributed by atoms with Crippen molar-refractivity contribution in [3.05, 3.63) is 23.8 Å². The number of hydrogen-bond acceptors (Lipinski definition) is 3. The maximum absolute atomic E-state index is 12.4. The zero-order chi connectivity index (χ0) is 16.9. The third-order valence-corrected chi connectivity index (χ3v) is 5.28. The predicted octanol–water partition coefficient (Wildman–Crippen LogP) is 4.45. The fraction of sp³-hybridized carbons (Fsp3) is 0.650. The first kappa shape index (κ1) is 20.1. The van der Waals surface area contributed by atoms with Crippen molar-refractivity contribution in [3.63, 3.8) is 0 Å². The molecule has 2 aliphatic heterocycles. The van der Waals surface area contributed by atoms with Crippen LogP contribution >= 0.6 is 12.4 Å². The molecule has 1 aromatic carbocycles. The zero-order valence-electron chi connectivity index (χ0n) is 15.3. The lowest BCUT2D eigenvalue weighted by atomic mass is 9.89. The average Bonchev–Trinajstić information content (AvgIpc) is 2.89. The number of carbonyl (C=O) groups is 1. The molecule has 0 aliphatic carbocycles. The number of anilines is 1. The summed E-state index contributed by atoms with van der Waals surface area (Å²) in [7, 11) is 0. The molecule has 5 heteroatoms. The minimum Gasteiger partial charge on any atom is -0.494 e. The molecule has 1 amide bonds. The van der Waals surface area contributed by atoms with E-state index in [0.717, 1.165) is 49.3 Å². The van der Waals surface area contributed by atoms with Crippen molar-refractivity contribution in [2.24, 2.45) is 5.92 Å². The predicted molar refractivity (Wildman–Crippen MR) is 105 cm³/mol. The second-order valence-electron chi connectivity index (χ2n) is 7.41. The van der Waals surface area contributed by atoms with Gasteiger partial charge >= 0.3 is 0 Å². The van der Waals surface area contributed by atoms with Crippen LogP contribution < -0.4 is 15.4 Å². The maximum atomic E-state index is 12.4. The van der Waals surface area contributed by atoms with Crippen LogP contribution in [0.2, 0.25) is 0 Å². The summed E-state index contributed by atoms with van der Waals surface area (Å²) in [6.45, 7) is 4.92. The van der Waals surface area contributed by atoms with Crippen molar-refractivity contribution in [2.75, 3.05) is 11.9 Å². The number of ether oxygens (including phenoxy) is 1. The standard InChI is InChI=1S/C20H30N2O2.ClH/c1-3-4-9-24-18-7-8-19(14(2)10-18)22-20(23)13-15-11-16-5-6-17(12-15)21-16;/h7-8,10,15-17,21H,3-6,9,11-13H2,1-2H3,(H,22,23);1H. The molecule has 2 unspecified atom stereocenters. The second kappa shape index (κ2) is 9.44. The Morgan fingerprint density at radius 2 is 2.00 bits per heavy atom. The van der Waals surface area contributed by atoms with Crippen LogP contribution in [0.25, 0.3) is 0 Å². The largest absolute Gasteiger partial charge is 0.494 e. The molecule has 4 nitrogen and oxygen atoms in total. The van der Waals surface area contributed by atoms with Crippen LogP contribution in [0.15, 0.2) is 18.2 Å². The van der Waals surface area contributed by atoms with Crippen molar-refractivity contribution in [3.8, 4) is 5.75 Å². The lowest BCUT2D eigenvalue weighted by Gasteiger charge is -2.28. The van der Waals surface area contributed by atoms with Gasteiger partial charge in [0.05, 0.1) is 6.61 Å². The number of unbranched alkanes of at least 4 members (excludes halogenated alkanes) is 1. The molecule has 25 heavy (non-hydrogen) atoms. The minimum absolute atomic E-state index is 0. The van der Waals surface area contributed by atoms with E-state index < -0.39 is 0 Å². The molecule has 2 N–H and O–H groups in total. The Labute approximate surface area is 157 Å². The minimum atomic E-state index is 0. The fourth-order valence-electron chi connectivity index (χ4n) is 4.01. The van der Waals surface area contributed by atoms with Gasteiger partial charge in [-0.05, 0) is 68.7 Å². The van der Waals surface area contributed by atoms with Crippen LogP contribution in [0.1, 0.15) is 57.4 Å². The molecule has 2 bridgehead atoms. The Hall–Kier alpha value is -1.26. The zero-order valence-corrected chi connectivity index (χ0v) is 16.2. The number of halogens is 1. The summed E-state index contributed by atoms with van der Waals surface area (Å²) in [6.07, 6.45) is 7.69. The summed E-state index contributed by atoms with van der Waals surface area (Å²) in [5.41, 5.74) is 1.96. The number of aryl methyl sites for hydroxylation is 1. The third-order valence-electron chi connectivity index (χ3n) is 5.28. The van der Waals surface area contributed by atoms with E-state index in [1.807, 2.05) is 25.1 Å². The van der Waals surface area contributed by atoms with Gasteiger partial charge in [0.15, 0.2) is 0 Å². The number of amides is 1. The van der Waals surface area contributed by atoms with Gasteiger partial charge in [-0.15, -0.1) is 12.4 Å². The highest BCUT2D eigenvalue weighted by Gasteiger charge is 2.34. The van der Waals surface area contributed by atoms with Crippen LogP contribution in [0.3, 0.4) is 0 Å². The van der Waals surface area contributed by atoms with Gasteiger partial charge in [0.1, 0.15) is 5.75 Å². The van der Waals surface area contributed by atoms with E-state index in [2.05, 4.69) is 17.6 Å². The molecular formula is C20H31ClN2O2. The van der Waals surface area contributed by atoms with Gasteiger partial charge in [-0.1, -0.05) is 13.3 Å². The number of rotatable bonds is 7. The normalized spacial score (nSPS) is 24.5. The van der Waals surface area contributed by atoms with Crippen LogP contribution in [0, 0.1) is 12.8 Å². The van der Waals surface area contributed by atoms with Crippen molar-refractivity contribution >= 4 is 24.0 Å². The number of fused-ring (bicyclic) bond motifs is 2. The molecule has 140 valence electrons. The summed E-state index contributed by atoms with van der Waals surface area (Å²) in [5, 5.41) is 6.72. The second-order valence-corrected chi connectivity index (χ2v) is 7.41. The Kier molecular flexibility index (Phi) is 7.57.